The Bertz CT molecular complexity index is 388. The Morgan fingerprint density at radius 2 is 1.75 bits per heavy atom. The summed E-state index contributed by atoms with van der Waals surface area (Å²) < 4.78 is 0. The lowest BCUT2D eigenvalue weighted by molar-refractivity contribution is 0.218. The summed E-state index contributed by atoms with van der Waals surface area (Å²) in [5.74, 6) is 0.738. The van der Waals surface area contributed by atoms with Crippen LogP contribution < -0.4 is 5.32 Å². The molecule has 0 saturated heterocycles. The van der Waals surface area contributed by atoms with Crippen molar-refractivity contribution >= 4 is 0 Å². The van der Waals surface area contributed by atoms with Crippen molar-refractivity contribution in [2.45, 2.75) is 66.2 Å². The quantitative estimate of drug-likeness (QED) is 0.789. The van der Waals surface area contributed by atoms with Crippen molar-refractivity contribution < 1.29 is 0 Å². The normalized spacial score (nSPS) is 13.4. The van der Waals surface area contributed by atoms with E-state index < -0.39 is 0 Å². The number of hydrogen-bond donors (Lipinski definition) is 1. The molecule has 0 fully saturated rings. The monoisotopic (exact) mass is 277 g/mol. The van der Waals surface area contributed by atoms with Crippen molar-refractivity contribution in [1.82, 2.24) is 15.2 Å². The number of aromatic nitrogens is 1. The van der Waals surface area contributed by atoms with Crippen LogP contribution in [0.2, 0.25) is 0 Å². The summed E-state index contributed by atoms with van der Waals surface area (Å²) in [6.07, 6.45) is 1.23. The minimum Gasteiger partial charge on any atom is -0.309 e. The van der Waals surface area contributed by atoms with Gasteiger partial charge in [0.15, 0.2) is 0 Å². The van der Waals surface area contributed by atoms with Crippen LogP contribution in [0.15, 0.2) is 18.2 Å². The first-order valence-corrected chi connectivity index (χ1v) is 7.77. The van der Waals surface area contributed by atoms with Gasteiger partial charge in [-0.05, 0) is 38.4 Å². The van der Waals surface area contributed by atoms with Gasteiger partial charge in [-0.1, -0.05) is 33.8 Å². The molecule has 0 aromatic carbocycles. The fourth-order valence-corrected chi connectivity index (χ4v) is 2.30. The van der Waals surface area contributed by atoms with Gasteiger partial charge in [0.05, 0.1) is 11.4 Å². The highest BCUT2D eigenvalue weighted by atomic mass is 15.1. The van der Waals surface area contributed by atoms with Gasteiger partial charge >= 0.3 is 0 Å². The minimum atomic E-state index is 0.495. The van der Waals surface area contributed by atoms with Gasteiger partial charge in [0, 0.05) is 25.2 Å². The lowest BCUT2D eigenvalue weighted by Gasteiger charge is -2.26. The van der Waals surface area contributed by atoms with Crippen molar-refractivity contribution in [2.75, 3.05) is 7.05 Å². The third-order valence-corrected chi connectivity index (χ3v) is 3.53. The molecule has 1 N–H and O–H groups in total. The second-order valence-corrected chi connectivity index (χ2v) is 6.55. The number of nitrogens with zero attached hydrogens (tertiary/aromatic N) is 2. The molecule has 1 heterocycles. The molecule has 1 atom stereocenters. The van der Waals surface area contributed by atoms with Gasteiger partial charge in [-0.3, -0.25) is 9.88 Å². The molecule has 1 aromatic heterocycles. The average Bonchev–Trinajstić information content (AvgIpc) is 2.36. The molecule has 114 valence electrons. The first-order valence-electron chi connectivity index (χ1n) is 7.77. The minimum absolute atomic E-state index is 0.495. The Hall–Kier alpha value is -0.930. The van der Waals surface area contributed by atoms with Crippen LogP contribution in [0.25, 0.3) is 0 Å². The largest absolute Gasteiger partial charge is 0.309 e. The molecule has 0 aliphatic rings. The zero-order valence-corrected chi connectivity index (χ0v) is 14.0. The molecule has 0 radical (unpaired) electrons. The Labute approximate surface area is 124 Å². The molecule has 1 rings (SSSR count). The summed E-state index contributed by atoms with van der Waals surface area (Å²) in [5.41, 5.74) is 2.28. The van der Waals surface area contributed by atoms with E-state index in [-0.39, 0.29) is 0 Å². The molecule has 1 aromatic rings. The van der Waals surface area contributed by atoms with Crippen LogP contribution in [0.4, 0.5) is 0 Å². The Balaban J connectivity index is 2.56. The van der Waals surface area contributed by atoms with Crippen molar-refractivity contribution in [3.05, 3.63) is 29.6 Å². The Morgan fingerprint density at radius 3 is 2.35 bits per heavy atom. The molecule has 3 nitrogen and oxygen atoms in total. The van der Waals surface area contributed by atoms with Crippen LogP contribution >= 0.6 is 0 Å². The third-order valence-electron chi connectivity index (χ3n) is 3.53. The second kappa shape index (κ2) is 8.38. The van der Waals surface area contributed by atoms with Crippen molar-refractivity contribution in [2.24, 2.45) is 5.92 Å². The third kappa shape index (κ3) is 6.49. The summed E-state index contributed by atoms with van der Waals surface area (Å²) in [4.78, 5) is 7.13. The van der Waals surface area contributed by atoms with Crippen molar-refractivity contribution in [3.8, 4) is 0 Å². The topological polar surface area (TPSA) is 28.2 Å². The zero-order valence-electron chi connectivity index (χ0n) is 14.0. The van der Waals surface area contributed by atoms with Crippen LogP contribution in [0.5, 0.6) is 0 Å². The molecule has 0 amide bonds. The molecule has 0 bridgehead atoms. The predicted octanol–water partition coefficient (Wildman–Crippen LogP) is 3.45. The van der Waals surface area contributed by atoms with Crippen LogP contribution in [0.3, 0.4) is 0 Å². The van der Waals surface area contributed by atoms with E-state index >= 15 is 0 Å². The van der Waals surface area contributed by atoms with Gasteiger partial charge in [-0.15, -0.1) is 0 Å². The second-order valence-electron chi connectivity index (χ2n) is 6.55. The fourth-order valence-electron chi connectivity index (χ4n) is 2.30. The van der Waals surface area contributed by atoms with Gasteiger partial charge in [0.2, 0.25) is 0 Å². The van der Waals surface area contributed by atoms with E-state index in [0.717, 1.165) is 30.4 Å². The van der Waals surface area contributed by atoms with Crippen LogP contribution in [-0.2, 0) is 13.1 Å². The van der Waals surface area contributed by atoms with E-state index in [1.165, 1.54) is 6.42 Å². The number of hydrogen-bond acceptors (Lipinski definition) is 3. The van der Waals surface area contributed by atoms with Gasteiger partial charge in [0.1, 0.15) is 0 Å². The summed E-state index contributed by atoms with van der Waals surface area (Å²) >= 11 is 0. The number of nitrogens with one attached hydrogen (secondary N) is 1. The van der Waals surface area contributed by atoms with Gasteiger partial charge < -0.3 is 5.32 Å². The maximum atomic E-state index is 4.74. The van der Waals surface area contributed by atoms with E-state index in [1.807, 2.05) is 0 Å². The maximum Gasteiger partial charge on any atom is 0.0547 e. The van der Waals surface area contributed by atoms with E-state index in [9.17, 15) is 0 Å². The molecule has 0 saturated carbocycles. The summed E-state index contributed by atoms with van der Waals surface area (Å²) in [6.45, 7) is 12.9. The molecule has 1 unspecified atom stereocenters. The Kier molecular flexibility index (Phi) is 7.17. The van der Waals surface area contributed by atoms with E-state index in [1.54, 1.807) is 0 Å². The van der Waals surface area contributed by atoms with Crippen LogP contribution in [-0.4, -0.2) is 29.0 Å². The van der Waals surface area contributed by atoms with Gasteiger partial charge in [-0.2, -0.15) is 0 Å². The van der Waals surface area contributed by atoms with Crippen LogP contribution in [0, 0.1) is 5.92 Å². The highest BCUT2D eigenvalue weighted by Gasteiger charge is 2.12. The highest BCUT2D eigenvalue weighted by molar-refractivity contribution is 5.11. The number of rotatable bonds is 8. The molecular formula is C17H31N3. The maximum absolute atomic E-state index is 4.74. The molecular weight excluding hydrogens is 246 g/mol. The summed E-state index contributed by atoms with van der Waals surface area (Å²) in [7, 11) is 2.19. The van der Waals surface area contributed by atoms with Crippen LogP contribution in [0.1, 0.15) is 52.4 Å². The predicted molar refractivity (Wildman–Crippen MR) is 86.6 cm³/mol. The van der Waals surface area contributed by atoms with Gasteiger partial charge in [0.25, 0.3) is 0 Å². The smallest absolute Gasteiger partial charge is 0.0547 e. The first-order chi connectivity index (χ1) is 9.38. The molecule has 0 aliphatic carbocycles. The van der Waals surface area contributed by atoms with Crippen molar-refractivity contribution in [3.63, 3.8) is 0 Å². The van der Waals surface area contributed by atoms with Gasteiger partial charge in [-0.25, -0.2) is 0 Å². The van der Waals surface area contributed by atoms with Crippen molar-refractivity contribution in [1.29, 1.82) is 0 Å². The fraction of sp³-hybridized carbons (Fsp3) is 0.706. The SMILES string of the molecule is CC(C)CC(C)N(C)Cc1cccc(CNC(C)C)n1. The van der Waals surface area contributed by atoms with E-state index in [0.29, 0.717) is 12.1 Å². The molecule has 0 aliphatic heterocycles. The number of pyridine rings is 1. The van der Waals surface area contributed by atoms with E-state index in [2.05, 4.69) is 70.1 Å². The molecule has 20 heavy (non-hydrogen) atoms. The molecule has 3 heteroatoms. The Morgan fingerprint density at radius 1 is 1.10 bits per heavy atom. The first kappa shape index (κ1) is 17.1. The zero-order chi connectivity index (χ0) is 15.1. The standard InChI is InChI=1S/C17H31N3/c1-13(2)10-15(5)20(6)12-17-9-7-8-16(19-17)11-18-14(3)4/h7-9,13-15,18H,10-12H2,1-6H3. The molecule has 0 spiro atoms. The summed E-state index contributed by atoms with van der Waals surface area (Å²) in [6, 6.07) is 7.41. The highest BCUT2D eigenvalue weighted by Crippen LogP contribution is 2.12. The summed E-state index contributed by atoms with van der Waals surface area (Å²) in [5, 5.41) is 3.42. The lowest BCUT2D eigenvalue weighted by Crippen LogP contribution is -2.30. The van der Waals surface area contributed by atoms with E-state index in [4.69, 9.17) is 4.98 Å². The average molecular weight is 277 g/mol. The lowest BCUT2D eigenvalue weighted by atomic mass is 10.0.